The number of aliphatic hydroxyl groups is 1. The Bertz CT molecular complexity index is 676. The zero-order valence-corrected chi connectivity index (χ0v) is 17.9. The van der Waals surface area contributed by atoms with Crippen molar-refractivity contribution in [2.45, 2.75) is 84.2 Å². The van der Waals surface area contributed by atoms with Crippen molar-refractivity contribution in [1.29, 1.82) is 0 Å². The average molecular weight is 393 g/mol. The molecule has 5 aliphatic carbocycles. The quantitative estimate of drug-likeness (QED) is 0.738. The van der Waals surface area contributed by atoms with E-state index in [2.05, 4.69) is 13.8 Å². The summed E-state index contributed by atoms with van der Waals surface area (Å²) in [5.74, 6) is 0.685. The fourth-order valence-electron chi connectivity index (χ4n) is 8.38. The number of rotatable bonds is 3. The maximum Gasteiger partial charge on any atom is 0.311 e. The Labute approximate surface area is 168 Å². The Morgan fingerprint density at radius 2 is 1.79 bits per heavy atom. The van der Waals surface area contributed by atoms with Crippen LogP contribution in [0, 0.1) is 34.0 Å². The van der Waals surface area contributed by atoms with Gasteiger partial charge in [0.2, 0.25) is 0 Å². The molecule has 0 heterocycles. The summed E-state index contributed by atoms with van der Waals surface area (Å²) in [4.78, 5) is 24.1. The lowest BCUT2D eigenvalue weighted by Gasteiger charge is -2.69. The molecule has 0 unspecified atom stereocenters. The molecule has 0 saturated heterocycles. The highest BCUT2D eigenvalue weighted by atomic mass is 16.5. The van der Waals surface area contributed by atoms with Crippen LogP contribution in [-0.2, 0) is 19.1 Å². The van der Waals surface area contributed by atoms with Gasteiger partial charge in [0.05, 0.1) is 12.5 Å². The smallest absolute Gasteiger partial charge is 0.311 e. The van der Waals surface area contributed by atoms with Crippen LogP contribution in [0.15, 0.2) is 0 Å². The van der Waals surface area contributed by atoms with E-state index < -0.39 is 11.0 Å². The predicted octanol–water partition coefficient (Wildman–Crippen LogP) is 3.87. The summed E-state index contributed by atoms with van der Waals surface area (Å²) in [6.07, 6.45) is 9.11. The van der Waals surface area contributed by atoms with Crippen LogP contribution in [0.2, 0.25) is 0 Å². The van der Waals surface area contributed by atoms with Gasteiger partial charge in [-0.1, -0.05) is 13.3 Å². The Hall–Kier alpha value is -1.10. The van der Waals surface area contributed by atoms with Crippen LogP contribution < -0.4 is 0 Å². The van der Waals surface area contributed by atoms with Crippen LogP contribution in [0.25, 0.3) is 0 Å². The lowest BCUT2D eigenvalue weighted by molar-refractivity contribution is -0.247. The maximum absolute atomic E-state index is 12.7. The Kier molecular flexibility index (Phi) is 4.65. The summed E-state index contributed by atoms with van der Waals surface area (Å²) >= 11 is 0. The molecule has 1 N–H and O–H groups in total. The third-order valence-corrected chi connectivity index (χ3v) is 9.55. The van der Waals surface area contributed by atoms with Crippen LogP contribution in [0.3, 0.4) is 0 Å². The molecule has 5 nitrogen and oxygen atoms in total. The molecule has 5 aliphatic rings. The summed E-state index contributed by atoms with van der Waals surface area (Å²) in [6, 6.07) is 0. The lowest BCUT2D eigenvalue weighted by atomic mass is 9.35. The van der Waals surface area contributed by atoms with E-state index in [1.807, 2.05) is 0 Å². The van der Waals surface area contributed by atoms with Gasteiger partial charge in [-0.15, -0.1) is 0 Å². The average Bonchev–Trinajstić information content (AvgIpc) is 2.65. The van der Waals surface area contributed by atoms with E-state index in [1.54, 1.807) is 0 Å². The SMILES string of the molecule is COC(=O)[C@]1(C)CCC[C@@]2(C)[C@@H]3C[C@@H]4CC[C@@]3(CC[C@@H]21)C[C@]4(O)COC(C)=O. The van der Waals surface area contributed by atoms with E-state index >= 15 is 0 Å². The van der Waals surface area contributed by atoms with Crippen molar-refractivity contribution in [2.24, 2.45) is 34.0 Å². The molecule has 0 aliphatic heterocycles. The first-order valence-corrected chi connectivity index (χ1v) is 11.0. The summed E-state index contributed by atoms with van der Waals surface area (Å²) in [5, 5.41) is 11.4. The number of esters is 2. The van der Waals surface area contributed by atoms with Gasteiger partial charge < -0.3 is 14.6 Å². The van der Waals surface area contributed by atoms with Gasteiger partial charge in [-0.05, 0) is 86.9 Å². The van der Waals surface area contributed by atoms with E-state index in [-0.39, 0.29) is 35.3 Å². The van der Waals surface area contributed by atoms with Crippen molar-refractivity contribution >= 4 is 11.9 Å². The van der Waals surface area contributed by atoms with Gasteiger partial charge in [0.25, 0.3) is 0 Å². The fourth-order valence-corrected chi connectivity index (χ4v) is 8.38. The van der Waals surface area contributed by atoms with Gasteiger partial charge >= 0.3 is 11.9 Å². The fraction of sp³-hybridized carbons (Fsp3) is 0.913. The van der Waals surface area contributed by atoms with Gasteiger partial charge in [0, 0.05) is 6.92 Å². The molecule has 0 aromatic rings. The molecular weight excluding hydrogens is 356 g/mol. The zero-order chi connectivity index (χ0) is 20.4. The number of ether oxygens (including phenoxy) is 2. The number of methoxy groups -OCH3 is 1. The molecule has 5 saturated carbocycles. The molecule has 5 fully saturated rings. The van der Waals surface area contributed by atoms with Crippen LogP contribution in [0.1, 0.15) is 78.6 Å². The molecule has 5 heteroatoms. The van der Waals surface area contributed by atoms with Gasteiger partial charge in [0.15, 0.2) is 0 Å². The first-order valence-electron chi connectivity index (χ1n) is 11.0. The maximum atomic E-state index is 12.7. The molecule has 0 aromatic carbocycles. The van der Waals surface area contributed by atoms with Crippen molar-refractivity contribution in [3.63, 3.8) is 0 Å². The third kappa shape index (κ3) is 2.68. The van der Waals surface area contributed by atoms with Crippen molar-refractivity contribution in [1.82, 2.24) is 0 Å². The normalized spacial score (nSPS) is 49.7. The second-order valence-electron chi connectivity index (χ2n) is 10.8. The first kappa shape index (κ1) is 20.2. The second-order valence-corrected chi connectivity index (χ2v) is 10.8. The number of hydrogen-bond acceptors (Lipinski definition) is 5. The Morgan fingerprint density at radius 1 is 1.07 bits per heavy atom. The second kappa shape index (κ2) is 6.45. The molecule has 2 bridgehead atoms. The van der Waals surface area contributed by atoms with Crippen LogP contribution >= 0.6 is 0 Å². The molecule has 158 valence electrons. The minimum atomic E-state index is -0.885. The first-order chi connectivity index (χ1) is 13.1. The molecule has 0 amide bonds. The highest BCUT2D eigenvalue weighted by Crippen LogP contribution is 2.72. The molecule has 28 heavy (non-hydrogen) atoms. The minimum Gasteiger partial charge on any atom is -0.469 e. The van der Waals surface area contributed by atoms with E-state index in [0.29, 0.717) is 11.8 Å². The largest absolute Gasteiger partial charge is 0.469 e. The highest BCUT2D eigenvalue weighted by molar-refractivity contribution is 5.77. The van der Waals surface area contributed by atoms with Crippen LogP contribution in [-0.4, -0.2) is 36.4 Å². The molecule has 7 atom stereocenters. The summed E-state index contributed by atoms with van der Waals surface area (Å²) < 4.78 is 10.5. The van der Waals surface area contributed by atoms with Crippen LogP contribution in [0.5, 0.6) is 0 Å². The minimum absolute atomic E-state index is 0.0493. The Morgan fingerprint density at radius 3 is 2.46 bits per heavy atom. The number of hydrogen-bond donors (Lipinski definition) is 1. The monoisotopic (exact) mass is 392 g/mol. The Balaban J connectivity index is 1.65. The summed E-state index contributed by atoms with van der Waals surface area (Å²) in [7, 11) is 1.52. The molecule has 0 radical (unpaired) electrons. The van der Waals surface area contributed by atoms with Gasteiger partial charge in [0.1, 0.15) is 12.2 Å². The van der Waals surface area contributed by atoms with Gasteiger partial charge in [-0.25, -0.2) is 0 Å². The molecule has 5 rings (SSSR count). The predicted molar refractivity (Wildman–Crippen MR) is 104 cm³/mol. The number of fused-ring (bicyclic) bond motifs is 3. The standard InChI is InChI=1S/C23H36O5/c1-15(24)28-14-23(26)13-22-10-6-16(23)12-18(22)20(2)8-5-9-21(3,19(25)27-4)17(20)7-11-22/h16-18,26H,5-14H2,1-4H3/t16-,17-,18-,20+,21+,22+,23-/m0/s1. The topological polar surface area (TPSA) is 72.8 Å². The number of carbonyl (C=O) groups excluding carboxylic acids is 2. The summed E-state index contributed by atoms with van der Waals surface area (Å²) in [5.41, 5.74) is -1.05. The van der Waals surface area contributed by atoms with E-state index in [0.717, 1.165) is 57.8 Å². The third-order valence-electron chi connectivity index (χ3n) is 9.55. The zero-order valence-electron chi connectivity index (χ0n) is 17.9. The number of carbonyl (C=O) groups is 2. The lowest BCUT2D eigenvalue weighted by Crippen LogP contribution is -2.66. The van der Waals surface area contributed by atoms with E-state index in [1.165, 1.54) is 14.0 Å². The van der Waals surface area contributed by atoms with Crippen molar-refractivity contribution in [3.05, 3.63) is 0 Å². The van der Waals surface area contributed by atoms with Crippen molar-refractivity contribution < 1.29 is 24.2 Å². The van der Waals surface area contributed by atoms with E-state index in [9.17, 15) is 14.7 Å². The molecule has 0 aromatic heterocycles. The van der Waals surface area contributed by atoms with Crippen molar-refractivity contribution in [2.75, 3.05) is 13.7 Å². The summed E-state index contributed by atoms with van der Waals surface area (Å²) in [6.45, 7) is 6.07. The highest BCUT2D eigenvalue weighted by Gasteiger charge is 2.68. The van der Waals surface area contributed by atoms with Gasteiger partial charge in [-0.3, -0.25) is 9.59 Å². The van der Waals surface area contributed by atoms with E-state index in [4.69, 9.17) is 9.47 Å². The molecule has 1 spiro atoms. The van der Waals surface area contributed by atoms with Gasteiger partial charge in [-0.2, -0.15) is 0 Å². The van der Waals surface area contributed by atoms with Crippen molar-refractivity contribution in [3.8, 4) is 0 Å². The molecular formula is C23H36O5. The van der Waals surface area contributed by atoms with Crippen LogP contribution in [0.4, 0.5) is 0 Å².